The van der Waals surface area contributed by atoms with E-state index in [-0.39, 0.29) is 0 Å². The molecule has 0 aromatic carbocycles. The molecule has 0 amide bonds. The molecule has 0 radical (unpaired) electrons. The largest absolute Gasteiger partial charge is 0.481 e. The van der Waals surface area contributed by atoms with Crippen LogP contribution in [0.3, 0.4) is 0 Å². The summed E-state index contributed by atoms with van der Waals surface area (Å²) in [4.78, 5) is 12.7. The third kappa shape index (κ3) is 3.81. The molecule has 1 atom stereocenters. The summed E-state index contributed by atoms with van der Waals surface area (Å²) in [6, 6.07) is 2.03. The molecule has 0 aliphatic rings. The zero-order valence-electron chi connectivity index (χ0n) is 10.3. The summed E-state index contributed by atoms with van der Waals surface area (Å²) < 4.78 is 1.04. The number of unbranched alkanes of at least 4 members (excludes halogenated alkanes) is 1. The number of rotatable bonds is 7. The molecular formula is C13H19BrO2S. The molecule has 1 N–H and O–H groups in total. The lowest BCUT2D eigenvalue weighted by atomic mass is 9.77. The van der Waals surface area contributed by atoms with Crippen molar-refractivity contribution >= 4 is 33.2 Å². The molecule has 0 fully saturated rings. The van der Waals surface area contributed by atoms with E-state index in [4.69, 9.17) is 0 Å². The molecule has 1 unspecified atom stereocenters. The highest BCUT2D eigenvalue weighted by molar-refractivity contribution is 9.10. The minimum absolute atomic E-state index is 0.583. The zero-order valence-corrected chi connectivity index (χ0v) is 12.7. The summed E-state index contributed by atoms with van der Waals surface area (Å²) in [7, 11) is 0. The normalized spacial score (nSPS) is 14.5. The van der Waals surface area contributed by atoms with Crippen molar-refractivity contribution < 1.29 is 9.90 Å². The number of hydrogen-bond acceptors (Lipinski definition) is 2. The van der Waals surface area contributed by atoms with Crippen molar-refractivity contribution in [1.29, 1.82) is 0 Å². The van der Waals surface area contributed by atoms with Crippen LogP contribution in [0.15, 0.2) is 15.9 Å². The maximum atomic E-state index is 11.6. The molecule has 0 spiro atoms. The Labute approximate surface area is 115 Å². The second kappa shape index (κ2) is 6.55. The third-order valence-electron chi connectivity index (χ3n) is 3.27. The van der Waals surface area contributed by atoms with Crippen molar-refractivity contribution in [2.24, 2.45) is 5.41 Å². The van der Waals surface area contributed by atoms with Gasteiger partial charge in [-0.15, -0.1) is 11.3 Å². The molecule has 0 bridgehead atoms. The molecule has 0 aliphatic heterocycles. The molecule has 1 aromatic rings. The summed E-state index contributed by atoms with van der Waals surface area (Å²) in [5.41, 5.74) is -0.583. The van der Waals surface area contributed by atoms with E-state index in [2.05, 4.69) is 22.9 Å². The highest BCUT2D eigenvalue weighted by Crippen LogP contribution is 2.36. The van der Waals surface area contributed by atoms with E-state index in [1.54, 1.807) is 11.3 Å². The predicted octanol–water partition coefficient (Wildman–Crippen LogP) is 4.72. The van der Waals surface area contributed by atoms with Gasteiger partial charge in [0.05, 0.1) is 5.41 Å². The van der Waals surface area contributed by atoms with Gasteiger partial charge in [-0.1, -0.05) is 26.7 Å². The summed E-state index contributed by atoms with van der Waals surface area (Å²) in [6.07, 6.45) is 4.13. The van der Waals surface area contributed by atoms with Crippen LogP contribution in [0.5, 0.6) is 0 Å². The Balaban J connectivity index is 2.85. The van der Waals surface area contributed by atoms with E-state index in [0.29, 0.717) is 12.8 Å². The van der Waals surface area contributed by atoms with Crippen LogP contribution in [0, 0.1) is 5.41 Å². The first-order valence-corrected chi connectivity index (χ1v) is 7.67. The van der Waals surface area contributed by atoms with Gasteiger partial charge in [-0.25, -0.2) is 0 Å². The Hall–Kier alpha value is -0.350. The SMILES string of the molecule is CCCCC(CC)(Cc1cc(Br)cs1)C(=O)O. The Bertz CT molecular complexity index is 375. The number of carboxylic acid groups (broad SMARTS) is 1. The maximum Gasteiger partial charge on any atom is 0.309 e. The van der Waals surface area contributed by atoms with Crippen molar-refractivity contribution in [2.75, 3.05) is 0 Å². The molecule has 96 valence electrons. The van der Waals surface area contributed by atoms with Gasteiger partial charge in [-0.05, 0) is 41.3 Å². The topological polar surface area (TPSA) is 37.3 Å². The standard InChI is InChI=1S/C13H19BrO2S/c1-3-5-6-13(4-2,12(15)16)8-11-7-10(14)9-17-11/h7,9H,3-6,8H2,1-2H3,(H,15,16). The van der Waals surface area contributed by atoms with E-state index in [1.807, 2.05) is 18.4 Å². The summed E-state index contributed by atoms with van der Waals surface area (Å²) in [5, 5.41) is 11.5. The predicted molar refractivity (Wildman–Crippen MR) is 75.6 cm³/mol. The fourth-order valence-corrected chi connectivity index (χ4v) is 3.61. The van der Waals surface area contributed by atoms with E-state index in [0.717, 1.165) is 28.6 Å². The van der Waals surface area contributed by atoms with Gasteiger partial charge < -0.3 is 5.11 Å². The molecule has 17 heavy (non-hydrogen) atoms. The Morgan fingerprint density at radius 1 is 1.53 bits per heavy atom. The van der Waals surface area contributed by atoms with Crippen LogP contribution in [0.2, 0.25) is 0 Å². The van der Waals surface area contributed by atoms with Crippen LogP contribution in [-0.4, -0.2) is 11.1 Å². The number of hydrogen-bond donors (Lipinski definition) is 1. The van der Waals surface area contributed by atoms with Gasteiger partial charge in [0.1, 0.15) is 0 Å². The van der Waals surface area contributed by atoms with Crippen LogP contribution >= 0.6 is 27.3 Å². The molecule has 2 nitrogen and oxygen atoms in total. The average Bonchev–Trinajstić information content (AvgIpc) is 2.69. The summed E-state index contributed by atoms with van der Waals surface area (Å²) in [5.74, 6) is -0.655. The quantitative estimate of drug-likeness (QED) is 0.789. The lowest BCUT2D eigenvalue weighted by molar-refractivity contribution is -0.149. The smallest absolute Gasteiger partial charge is 0.309 e. The van der Waals surface area contributed by atoms with Crippen molar-refractivity contribution in [3.05, 3.63) is 20.8 Å². The van der Waals surface area contributed by atoms with Crippen molar-refractivity contribution in [1.82, 2.24) is 0 Å². The monoisotopic (exact) mass is 318 g/mol. The Kier molecular flexibility index (Phi) is 5.67. The number of carbonyl (C=O) groups is 1. The van der Waals surface area contributed by atoms with Crippen LogP contribution in [0.25, 0.3) is 0 Å². The average molecular weight is 319 g/mol. The van der Waals surface area contributed by atoms with Gasteiger partial charge in [-0.2, -0.15) is 0 Å². The highest BCUT2D eigenvalue weighted by atomic mass is 79.9. The summed E-state index contributed by atoms with van der Waals surface area (Å²) in [6.45, 7) is 4.08. The van der Waals surface area contributed by atoms with Crippen LogP contribution in [0.4, 0.5) is 0 Å². The first-order chi connectivity index (χ1) is 8.04. The number of carboxylic acids is 1. The zero-order chi connectivity index (χ0) is 12.9. The fourth-order valence-electron chi connectivity index (χ4n) is 2.02. The van der Waals surface area contributed by atoms with E-state index >= 15 is 0 Å². The number of halogens is 1. The first-order valence-electron chi connectivity index (χ1n) is 6.00. The van der Waals surface area contributed by atoms with Gasteiger partial charge in [0.2, 0.25) is 0 Å². The maximum absolute atomic E-state index is 11.6. The molecule has 1 rings (SSSR count). The lowest BCUT2D eigenvalue weighted by Gasteiger charge is -2.27. The molecule has 4 heteroatoms. The molecule has 0 aliphatic carbocycles. The number of aliphatic carboxylic acids is 1. The van der Waals surface area contributed by atoms with E-state index < -0.39 is 11.4 Å². The lowest BCUT2D eigenvalue weighted by Crippen LogP contribution is -2.32. The molecule has 0 saturated carbocycles. The molecule has 1 heterocycles. The fraction of sp³-hybridized carbons (Fsp3) is 0.615. The van der Waals surface area contributed by atoms with Gasteiger partial charge in [-0.3, -0.25) is 4.79 Å². The second-order valence-electron chi connectivity index (χ2n) is 4.45. The van der Waals surface area contributed by atoms with E-state index in [1.165, 1.54) is 0 Å². The van der Waals surface area contributed by atoms with Crippen LogP contribution in [-0.2, 0) is 11.2 Å². The number of thiophene rings is 1. The van der Waals surface area contributed by atoms with Crippen molar-refractivity contribution in [2.45, 2.75) is 46.0 Å². The Morgan fingerprint density at radius 2 is 2.24 bits per heavy atom. The van der Waals surface area contributed by atoms with Crippen molar-refractivity contribution in [3.8, 4) is 0 Å². The second-order valence-corrected chi connectivity index (χ2v) is 6.36. The molecule has 0 saturated heterocycles. The van der Waals surface area contributed by atoms with Gasteiger partial charge in [0, 0.05) is 14.7 Å². The van der Waals surface area contributed by atoms with Crippen LogP contribution < -0.4 is 0 Å². The van der Waals surface area contributed by atoms with E-state index in [9.17, 15) is 9.90 Å². The van der Waals surface area contributed by atoms with Gasteiger partial charge in [0.25, 0.3) is 0 Å². The third-order valence-corrected chi connectivity index (χ3v) is 4.97. The van der Waals surface area contributed by atoms with Crippen LogP contribution in [0.1, 0.15) is 44.4 Å². The minimum Gasteiger partial charge on any atom is -0.481 e. The van der Waals surface area contributed by atoms with Crippen molar-refractivity contribution in [3.63, 3.8) is 0 Å². The highest BCUT2D eigenvalue weighted by Gasteiger charge is 2.36. The van der Waals surface area contributed by atoms with Gasteiger partial charge >= 0.3 is 5.97 Å². The molecular weight excluding hydrogens is 300 g/mol. The van der Waals surface area contributed by atoms with Gasteiger partial charge in [0.15, 0.2) is 0 Å². The summed E-state index contributed by atoms with van der Waals surface area (Å²) >= 11 is 5.05. The first kappa shape index (κ1) is 14.7. The minimum atomic E-state index is -0.655. The Morgan fingerprint density at radius 3 is 2.65 bits per heavy atom. The molecule has 1 aromatic heterocycles.